The molecule has 0 unspecified atom stereocenters. The highest BCUT2D eigenvalue weighted by Crippen LogP contribution is 2.26. The number of imidazole rings is 1. The Morgan fingerprint density at radius 2 is 1.56 bits per heavy atom. The van der Waals surface area contributed by atoms with Crippen molar-refractivity contribution in [3.63, 3.8) is 0 Å². The first-order valence-electron chi connectivity index (χ1n) is 12.2. The van der Waals surface area contributed by atoms with Crippen molar-refractivity contribution in [2.45, 2.75) is 18.9 Å². The van der Waals surface area contributed by atoms with Crippen LogP contribution in [-0.4, -0.2) is 89.7 Å². The largest absolute Gasteiger partial charge is 0.490 e. The van der Waals surface area contributed by atoms with Crippen LogP contribution in [0.1, 0.15) is 5.56 Å². The molecule has 0 radical (unpaired) electrons. The second kappa shape index (κ2) is 13.7. The highest BCUT2D eigenvalue weighted by Gasteiger charge is 2.38. The second-order valence-corrected chi connectivity index (χ2v) is 9.43. The van der Waals surface area contributed by atoms with E-state index in [9.17, 15) is 26.3 Å². The fourth-order valence-electron chi connectivity index (χ4n) is 3.91. The van der Waals surface area contributed by atoms with Crippen LogP contribution >= 0.6 is 11.6 Å². The molecule has 11 nitrogen and oxygen atoms in total. The standard InChI is InChI=1S/C21H22ClN7.2C2HF3O2/c1-26-15-17(12-25-26)19-13-24-21-20(23-5-6-29(19)21)28-9-7-27(8-10-28)14-16-3-2-4-18(22)11-16;2*3-2(4,5)1(6)7/h2-6,11-13,15H,7-10,14H2,1H3;2*(H,6,7). The van der Waals surface area contributed by atoms with E-state index in [1.54, 1.807) is 4.68 Å². The third-order valence-corrected chi connectivity index (χ3v) is 6.10. The molecule has 5 rings (SSSR count). The van der Waals surface area contributed by atoms with Gasteiger partial charge in [-0.1, -0.05) is 23.7 Å². The number of benzene rings is 1. The SMILES string of the molecule is Cn1cc(-c2cnc3c(N4CCN(Cc5cccc(Cl)c5)CC4)nccn23)cn1.O=C(O)C(F)(F)F.O=C(O)C(F)(F)F. The Morgan fingerprint density at radius 3 is 2.07 bits per heavy atom. The number of aryl methyl sites for hydroxylation is 1. The first-order chi connectivity index (χ1) is 20.1. The number of carboxylic acids is 2. The fraction of sp³-hybridized carbons (Fsp3) is 0.320. The van der Waals surface area contributed by atoms with E-state index in [4.69, 9.17) is 31.4 Å². The van der Waals surface area contributed by atoms with E-state index in [2.05, 4.69) is 35.3 Å². The normalized spacial score (nSPS) is 14.0. The van der Waals surface area contributed by atoms with E-state index in [1.807, 2.05) is 56.2 Å². The van der Waals surface area contributed by atoms with Crippen molar-refractivity contribution < 1.29 is 46.1 Å². The minimum absolute atomic E-state index is 0.792. The van der Waals surface area contributed by atoms with Gasteiger partial charge in [0.05, 0.1) is 18.1 Å². The number of aromatic nitrogens is 5. The van der Waals surface area contributed by atoms with Crippen molar-refractivity contribution in [2.24, 2.45) is 7.05 Å². The van der Waals surface area contributed by atoms with E-state index in [-0.39, 0.29) is 0 Å². The molecule has 2 N–H and O–H groups in total. The number of aliphatic carboxylic acids is 2. The molecule has 43 heavy (non-hydrogen) atoms. The van der Waals surface area contributed by atoms with Gasteiger partial charge in [-0.05, 0) is 17.7 Å². The van der Waals surface area contributed by atoms with Crippen LogP contribution < -0.4 is 4.90 Å². The Balaban J connectivity index is 0.000000303. The van der Waals surface area contributed by atoms with Crippen molar-refractivity contribution in [1.29, 1.82) is 0 Å². The smallest absolute Gasteiger partial charge is 0.475 e. The van der Waals surface area contributed by atoms with Gasteiger partial charge in [-0.3, -0.25) is 14.0 Å². The number of carboxylic acid groups (broad SMARTS) is 2. The topological polar surface area (TPSA) is 129 Å². The van der Waals surface area contributed by atoms with Crippen molar-refractivity contribution in [3.8, 4) is 11.3 Å². The minimum Gasteiger partial charge on any atom is -0.475 e. The van der Waals surface area contributed by atoms with E-state index in [0.29, 0.717) is 0 Å². The van der Waals surface area contributed by atoms with Gasteiger partial charge in [0.25, 0.3) is 0 Å². The van der Waals surface area contributed by atoms with E-state index in [0.717, 1.165) is 60.5 Å². The van der Waals surface area contributed by atoms with Gasteiger partial charge in [0.15, 0.2) is 11.5 Å². The molecular weight excluding hydrogens is 612 g/mol. The van der Waals surface area contributed by atoms with E-state index >= 15 is 0 Å². The van der Waals surface area contributed by atoms with Crippen LogP contribution in [0.3, 0.4) is 0 Å². The van der Waals surface area contributed by atoms with Gasteiger partial charge in [-0.15, -0.1) is 0 Å². The van der Waals surface area contributed by atoms with Crippen LogP contribution in [0.15, 0.2) is 55.2 Å². The average molecular weight is 636 g/mol. The lowest BCUT2D eigenvalue weighted by atomic mass is 10.2. The molecule has 0 atom stereocenters. The van der Waals surface area contributed by atoms with E-state index < -0.39 is 24.3 Å². The van der Waals surface area contributed by atoms with Crippen molar-refractivity contribution in [2.75, 3.05) is 31.1 Å². The maximum absolute atomic E-state index is 10.6. The molecule has 0 amide bonds. The molecule has 3 aromatic heterocycles. The summed E-state index contributed by atoms with van der Waals surface area (Å²) in [5, 5.41) is 19.3. The van der Waals surface area contributed by atoms with Crippen LogP contribution in [-0.2, 0) is 23.2 Å². The molecular formula is C25H24ClF6N7O4. The predicted octanol–water partition coefficient (Wildman–Crippen LogP) is 4.37. The second-order valence-electron chi connectivity index (χ2n) is 8.99. The summed E-state index contributed by atoms with van der Waals surface area (Å²) in [7, 11) is 1.92. The lowest BCUT2D eigenvalue weighted by Gasteiger charge is -2.35. The minimum atomic E-state index is -5.08. The van der Waals surface area contributed by atoms with Crippen LogP contribution in [0.4, 0.5) is 32.2 Å². The Hall–Kier alpha value is -4.38. The summed E-state index contributed by atoms with van der Waals surface area (Å²) in [5.74, 6) is -4.58. The van der Waals surface area contributed by atoms with Crippen molar-refractivity contribution in [1.82, 2.24) is 29.0 Å². The summed E-state index contributed by atoms with van der Waals surface area (Å²) in [4.78, 5) is 31.9. The number of rotatable bonds is 4. The predicted molar refractivity (Wildman–Crippen MR) is 142 cm³/mol. The number of hydrogen-bond donors (Lipinski definition) is 2. The van der Waals surface area contributed by atoms with Gasteiger partial charge < -0.3 is 15.1 Å². The van der Waals surface area contributed by atoms with Gasteiger partial charge in [0.1, 0.15) is 0 Å². The number of fused-ring (bicyclic) bond motifs is 1. The monoisotopic (exact) mass is 635 g/mol. The number of anilines is 1. The molecule has 0 bridgehead atoms. The van der Waals surface area contributed by atoms with Crippen molar-refractivity contribution in [3.05, 3.63) is 65.8 Å². The van der Waals surface area contributed by atoms with Gasteiger partial charge in [0, 0.05) is 68.9 Å². The highest BCUT2D eigenvalue weighted by atomic mass is 35.5. The number of piperazine rings is 1. The number of hydrogen-bond acceptors (Lipinski definition) is 7. The summed E-state index contributed by atoms with van der Waals surface area (Å²) in [6.07, 6.45) is -0.602. The Morgan fingerprint density at radius 1 is 0.953 bits per heavy atom. The van der Waals surface area contributed by atoms with Gasteiger partial charge in [-0.2, -0.15) is 31.4 Å². The lowest BCUT2D eigenvalue weighted by Crippen LogP contribution is -2.46. The zero-order valence-electron chi connectivity index (χ0n) is 22.2. The van der Waals surface area contributed by atoms with Gasteiger partial charge in [-0.25, -0.2) is 19.6 Å². The maximum atomic E-state index is 10.6. The van der Waals surface area contributed by atoms with Crippen LogP contribution in [0.25, 0.3) is 16.9 Å². The molecule has 0 spiro atoms. The van der Waals surface area contributed by atoms with Crippen LogP contribution in [0, 0.1) is 0 Å². The fourth-order valence-corrected chi connectivity index (χ4v) is 4.12. The Labute approximate surface area is 244 Å². The zero-order valence-corrected chi connectivity index (χ0v) is 23.0. The molecule has 1 aromatic carbocycles. The van der Waals surface area contributed by atoms with Crippen molar-refractivity contribution >= 4 is 35.0 Å². The third-order valence-electron chi connectivity index (χ3n) is 5.86. The van der Waals surface area contributed by atoms with Crippen LogP contribution in [0.2, 0.25) is 5.02 Å². The number of carbonyl (C=O) groups is 2. The third kappa shape index (κ3) is 9.31. The first-order valence-corrected chi connectivity index (χ1v) is 12.6. The molecule has 0 saturated carbocycles. The lowest BCUT2D eigenvalue weighted by molar-refractivity contribution is -0.193. The quantitative estimate of drug-likeness (QED) is 0.314. The average Bonchev–Trinajstić information content (AvgIpc) is 3.55. The molecule has 232 valence electrons. The molecule has 4 aromatic rings. The van der Waals surface area contributed by atoms with Crippen LogP contribution in [0.5, 0.6) is 0 Å². The number of halogens is 7. The molecule has 18 heteroatoms. The highest BCUT2D eigenvalue weighted by molar-refractivity contribution is 6.30. The molecule has 1 aliphatic heterocycles. The summed E-state index contributed by atoms with van der Waals surface area (Å²) >= 11 is 6.12. The molecule has 1 aliphatic rings. The number of alkyl halides is 6. The maximum Gasteiger partial charge on any atom is 0.490 e. The van der Waals surface area contributed by atoms with Gasteiger partial charge >= 0.3 is 24.3 Å². The zero-order chi connectivity index (χ0) is 31.9. The van der Waals surface area contributed by atoms with E-state index in [1.165, 1.54) is 5.56 Å². The molecule has 1 saturated heterocycles. The molecule has 1 fully saturated rings. The number of nitrogens with zero attached hydrogens (tertiary/aromatic N) is 7. The summed E-state index contributed by atoms with van der Waals surface area (Å²) in [6.45, 7) is 4.71. The first kappa shape index (κ1) is 33.1. The summed E-state index contributed by atoms with van der Waals surface area (Å²) in [6, 6.07) is 8.10. The summed E-state index contributed by atoms with van der Waals surface area (Å²) < 4.78 is 67.4. The summed E-state index contributed by atoms with van der Waals surface area (Å²) in [5.41, 5.74) is 4.20. The molecule has 4 heterocycles. The van der Waals surface area contributed by atoms with Gasteiger partial charge in [0.2, 0.25) is 0 Å². The Kier molecular flexibility index (Phi) is 10.6. The Bertz CT molecular complexity index is 1520. The molecule has 0 aliphatic carbocycles.